The molecule has 10 atom stereocenters. The third-order valence-corrected chi connectivity index (χ3v) is 14.2. The standard InChI is InChI=1S/C45H64O8/c1-27(2)31(17-16-30-14-12-11-13-15-30)18-19-32(40(49)51-26-52-41(50)42(5,6)7)38-34-24-36(48)39-43(8)22-21-35(47)28(3)33(43)20-23-44(39,9)45(34,10)25-37(38)53-29(4)46/h11-17,28,33-37,39,47-48H,18-26H2,1-10H3/t28-,33+,34+,35+,36+,37-,39+,43-,44-,45-/m0/s1. The molecule has 5 rings (SSSR count). The molecule has 0 heterocycles. The molecular weight excluding hydrogens is 668 g/mol. The molecule has 1 aromatic carbocycles. The Kier molecular flexibility index (Phi) is 12.0. The molecule has 4 fully saturated rings. The molecule has 0 aliphatic heterocycles. The molecule has 4 saturated carbocycles. The van der Waals surface area contributed by atoms with Crippen molar-refractivity contribution in [3.63, 3.8) is 0 Å². The van der Waals surface area contributed by atoms with E-state index >= 15 is 0 Å². The van der Waals surface area contributed by atoms with Gasteiger partial charge < -0.3 is 24.4 Å². The predicted octanol–water partition coefficient (Wildman–Crippen LogP) is 8.76. The molecule has 0 amide bonds. The van der Waals surface area contributed by atoms with Crippen LogP contribution in [0.3, 0.4) is 0 Å². The summed E-state index contributed by atoms with van der Waals surface area (Å²) in [5.41, 5.74) is 2.74. The zero-order valence-corrected chi connectivity index (χ0v) is 33.8. The molecule has 4 aliphatic carbocycles. The maximum Gasteiger partial charge on any atom is 0.336 e. The molecule has 4 aliphatic rings. The van der Waals surface area contributed by atoms with E-state index in [2.05, 4.69) is 53.7 Å². The van der Waals surface area contributed by atoms with Gasteiger partial charge in [-0.05, 0) is 143 Å². The van der Waals surface area contributed by atoms with Gasteiger partial charge in [0, 0.05) is 12.5 Å². The van der Waals surface area contributed by atoms with E-state index in [0.717, 1.165) is 48.0 Å². The summed E-state index contributed by atoms with van der Waals surface area (Å²) in [5, 5.41) is 23.2. The second-order valence-corrected chi connectivity index (χ2v) is 18.5. The van der Waals surface area contributed by atoms with Crippen LogP contribution in [0.15, 0.2) is 58.7 Å². The first kappa shape index (κ1) is 40.9. The molecular formula is C45H64O8. The van der Waals surface area contributed by atoms with Crippen LogP contribution in [0, 0.1) is 45.3 Å². The molecule has 8 nitrogen and oxygen atoms in total. The molecule has 53 heavy (non-hydrogen) atoms. The lowest BCUT2D eigenvalue weighted by Crippen LogP contribution is -2.65. The quantitative estimate of drug-likeness (QED) is 0.112. The van der Waals surface area contributed by atoms with Crippen LogP contribution >= 0.6 is 0 Å². The highest BCUT2D eigenvalue weighted by Crippen LogP contribution is 2.74. The van der Waals surface area contributed by atoms with Gasteiger partial charge in [0.1, 0.15) is 6.10 Å². The van der Waals surface area contributed by atoms with Crippen LogP contribution in [-0.2, 0) is 28.6 Å². The van der Waals surface area contributed by atoms with E-state index in [1.54, 1.807) is 20.8 Å². The second kappa shape index (κ2) is 15.5. The van der Waals surface area contributed by atoms with E-state index in [4.69, 9.17) is 14.2 Å². The van der Waals surface area contributed by atoms with Gasteiger partial charge in [-0.1, -0.05) is 75.8 Å². The largest absolute Gasteiger partial charge is 0.458 e. The Bertz CT molecular complexity index is 1630. The van der Waals surface area contributed by atoms with Crippen molar-refractivity contribution >= 4 is 24.0 Å². The van der Waals surface area contributed by atoms with Crippen LogP contribution < -0.4 is 0 Å². The van der Waals surface area contributed by atoms with Crippen molar-refractivity contribution in [2.75, 3.05) is 6.79 Å². The number of aliphatic hydroxyl groups is 2. The topological polar surface area (TPSA) is 119 Å². The van der Waals surface area contributed by atoms with E-state index in [1.165, 1.54) is 6.92 Å². The van der Waals surface area contributed by atoms with E-state index in [1.807, 2.05) is 30.3 Å². The molecule has 0 bridgehead atoms. The van der Waals surface area contributed by atoms with Crippen LogP contribution in [0.2, 0.25) is 0 Å². The van der Waals surface area contributed by atoms with Gasteiger partial charge >= 0.3 is 17.9 Å². The smallest absolute Gasteiger partial charge is 0.336 e. The minimum absolute atomic E-state index is 0.0186. The molecule has 0 radical (unpaired) electrons. The highest BCUT2D eigenvalue weighted by atomic mass is 16.7. The Balaban J connectivity index is 1.58. The van der Waals surface area contributed by atoms with E-state index in [9.17, 15) is 24.6 Å². The first-order chi connectivity index (χ1) is 24.7. The Morgan fingerprint density at radius 1 is 0.906 bits per heavy atom. The Morgan fingerprint density at radius 2 is 1.58 bits per heavy atom. The van der Waals surface area contributed by atoms with Crippen LogP contribution in [0.1, 0.15) is 126 Å². The molecule has 0 unspecified atom stereocenters. The zero-order chi connectivity index (χ0) is 39.1. The van der Waals surface area contributed by atoms with Crippen molar-refractivity contribution in [3.05, 3.63) is 64.3 Å². The number of esters is 3. The number of aliphatic hydroxyl groups excluding tert-OH is 2. The summed E-state index contributed by atoms with van der Waals surface area (Å²) in [6.45, 7) is 19.3. The Hall–Kier alpha value is -3.23. The summed E-state index contributed by atoms with van der Waals surface area (Å²) < 4.78 is 17.3. The van der Waals surface area contributed by atoms with E-state index in [0.29, 0.717) is 37.2 Å². The van der Waals surface area contributed by atoms with Crippen molar-refractivity contribution in [3.8, 4) is 0 Å². The predicted molar refractivity (Wildman–Crippen MR) is 206 cm³/mol. The fourth-order valence-electron chi connectivity index (χ4n) is 11.2. The van der Waals surface area contributed by atoms with Crippen molar-refractivity contribution in [2.45, 2.75) is 139 Å². The summed E-state index contributed by atoms with van der Waals surface area (Å²) in [6, 6.07) is 10.0. The summed E-state index contributed by atoms with van der Waals surface area (Å²) in [4.78, 5) is 39.7. The lowest BCUT2D eigenvalue weighted by molar-refractivity contribution is -0.234. The normalized spacial score (nSPS) is 36.1. The number of fused-ring (bicyclic) bond motifs is 5. The van der Waals surface area contributed by atoms with Crippen molar-refractivity contribution in [1.29, 1.82) is 0 Å². The van der Waals surface area contributed by atoms with Crippen molar-refractivity contribution in [1.82, 2.24) is 0 Å². The number of allylic oxidation sites excluding steroid dienone is 3. The highest BCUT2D eigenvalue weighted by Gasteiger charge is 2.71. The van der Waals surface area contributed by atoms with Gasteiger partial charge in [0.25, 0.3) is 0 Å². The van der Waals surface area contributed by atoms with E-state index in [-0.39, 0.29) is 34.7 Å². The zero-order valence-electron chi connectivity index (χ0n) is 33.8. The number of rotatable bonds is 9. The number of hydrogen-bond donors (Lipinski definition) is 2. The first-order valence-electron chi connectivity index (χ1n) is 19.7. The number of carbonyl (C=O) groups is 3. The number of benzene rings is 1. The van der Waals surface area contributed by atoms with Crippen molar-refractivity contribution < 1.29 is 38.8 Å². The van der Waals surface area contributed by atoms with Gasteiger partial charge in [-0.15, -0.1) is 0 Å². The van der Waals surface area contributed by atoms with Gasteiger partial charge in [0.05, 0.1) is 17.6 Å². The molecule has 292 valence electrons. The lowest BCUT2D eigenvalue weighted by atomic mass is 9.36. The Morgan fingerprint density at radius 3 is 2.21 bits per heavy atom. The van der Waals surface area contributed by atoms with Gasteiger partial charge in [-0.25, -0.2) is 4.79 Å². The van der Waals surface area contributed by atoms with E-state index < -0.39 is 47.7 Å². The maximum absolute atomic E-state index is 14.4. The highest BCUT2D eigenvalue weighted by molar-refractivity contribution is 5.90. The molecule has 0 aromatic heterocycles. The van der Waals surface area contributed by atoms with Crippen LogP contribution in [0.4, 0.5) is 0 Å². The molecule has 1 aromatic rings. The third-order valence-electron chi connectivity index (χ3n) is 14.2. The molecule has 2 N–H and O–H groups in total. The lowest BCUT2D eigenvalue weighted by Gasteiger charge is -2.69. The minimum Gasteiger partial charge on any atom is -0.458 e. The van der Waals surface area contributed by atoms with Crippen LogP contribution in [0.25, 0.3) is 6.08 Å². The van der Waals surface area contributed by atoms with Gasteiger partial charge in [0.2, 0.25) is 6.79 Å². The van der Waals surface area contributed by atoms with Crippen molar-refractivity contribution in [2.24, 2.45) is 45.3 Å². The third kappa shape index (κ3) is 7.82. The van der Waals surface area contributed by atoms with Crippen LogP contribution in [0.5, 0.6) is 0 Å². The first-order valence-corrected chi connectivity index (χ1v) is 19.7. The number of ether oxygens (including phenoxy) is 3. The SMILES string of the molecule is CC(=O)O[C@H]1C[C@@]2(C)[C@H](C[C@@H](O)[C@@H]3[C@@]4(C)CC[C@@H](O)[C@@H](C)[C@H]4CC[C@@]32C)C1=C(CCC(C=Cc1ccccc1)=C(C)C)C(=O)OCOC(=O)C(C)(C)C. The fraction of sp³-hybridized carbons (Fsp3) is 0.667. The van der Waals surface area contributed by atoms with Crippen LogP contribution in [-0.4, -0.2) is 53.2 Å². The summed E-state index contributed by atoms with van der Waals surface area (Å²) in [7, 11) is 0. The maximum atomic E-state index is 14.4. The van der Waals surface area contributed by atoms with Gasteiger partial charge in [-0.3, -0.25) is 9.59 Å². The summed E-state index contributed by atoms with van der Waals surface area (Å²) >= 11 is 0. The average molecular weight is 733 g/mol. The van der Waals surface area contributed by atoms with Gasteiger partial charge in [-0.2, -0.15) is 0 Å². The summed E-state index contributed by atoms with van der Waals surface area (Å²) in [5.74, 6) is -1.32. The molecule has 0 saturated heterocycles. The Labute approximate surface area is 317 Å². The second-order valence-electron chi connectivity index (χ2n) is 18.5. The molecule has 8 heteroatoms. The minimum atomic E-state index is -0.765. The fourth-order valence-corrected chi connectivity index (χ4v) is 11.2. The monoisotopic (exact) mass is 732 g/mol. The number of carbonyl (C=O) groups excluding carboxylic acids is 3. The number of hydrogen-bond acceptors (Lipinski definition) is 8. The average Bonchev–Trinajstić information content (AvgIpc) is 3.35. The summed E-state index contributed by atoms with van der Waals surface area (Å²) in [6.07, 6.45) is 7.69. The molecule has 0 spiro atoms. The van der Waals surface area contributed by atoms with Gasteiger partial charge in [0.15, 0.2) is 0 Å².